The number of hydrogen-bond acceptors (Lipinski definition) is 6. The zero-order valence-electron chi connectivity index (χ0n) is 14.0. The van der Waals surface area contributed by atoms with Gasteiger partial charge in [-0.15, -0.1) is 0 Å². The summed E-state index contributed by atoms with van der Waals surface area (Å²) >= 11 is 0. The van der Waals surface area contributed by atoms with Gasteiger partial charge in [0.1, 0.15) is 11.6 Å². The third-order valence-corrected chi connectivity index (χ3v) is 2.89. The number of halogens is 1. The second-order valence-electron chi connectivity index (χ2n) is 5.75. The highest BCUT2D eigenvalue weighted by molar-refractivity contribution is 5.61. The average molecular weight is 319 g/mol. The van der Waals surface area contributed by atoms with Gasteiger partial charge in [-0.25, -0.2) is 4.39 Å². The molecule has 124 valence electrons. The fourth-order valence-electron chi connectivity index (χ4n) is 1.94. The van der Waals surface area contributed by atoms with E-state index in [2.05, 4.69) is 25.6 Å². The fraction of sp³-hybridized carbons (Fsp3) is 0.438. The first kappa shape index (κ1) is 16.9. The van der Waals surface area contributed by atoms with E-state index in [0.717, 1.165) is 0 Å². The Morgan fingerprint density at radius 2 is 1.52 bits per heavy atom. The summed E-state index contributed by atoms with van der Waals surface area (Å²) in [7, 11) is 1.53. The van der Waals surface area contributed by atoms with Crippen molar-refractivity contribution in [1.82, 2.24) is 15.0 Å². The first-order valence-corrected chi connectivity index (χ1v) is 7.52. The van der Waals surface area contributed by atoms with Crippen LogP contribution in [0.15, 0.2) is 18.2 Å². The molecule has 1 aromatic carbocycles. The minimum atomic E-state index is -0.414. The van der Waals surface area contributed by atoms with Gasteiger partial charge >= 0.3 is 0 Å². The van der Waals surface area contributed by atoms with E-state index in [-0.39, 0.29) is 23.5 Å². The van der Waals surface area contributed by atoms with Crippen LogP contribution in [0.3, 0.4) is 0 Å². The summed E-state index contributed by atoms with van der Waals surface area (Å²) in [5.74, 6) is 1.18. The summed E-state index contributed by atoms with van der Waals surface area (Å²) in [6.45, 7) is 7.91. The first-order valence-electron chi connectivity index (χ1n) is 7.52. The van der Waals surface area contributed by atoms with Crippen LogP contribution < -0.4 is 15.4 Å². The normalized spacial score (nSPS) is 11.0. The van der Waals surface area contributed by atoms with E-state index < -0.39 is 5.82 Å². The lowest BCUT2D eigenvalue weighted by Gasteiger charge is -2.14. The lowest BCUT2D eigenvalue weighted by Crippen LogP contribution is -2.17. The summed E-state index contributed by atoms with van der Waals surface area (Å²) in [6.07, 6.45) is 0. The summed E-state index contributed by atoms with van der Waals surface area (Å²) in [5, 5.41) is 6.24. The van der Waals surface area contributed by atoms with Crippen molar-refractivity contribution in [2.45, 2.75) is 39.8 Å². The van der Waals surface area contributed by atoms with Gasteiger partial charge in [0.05, 0.1) is 12.7 Å². The molecular formula is C16H22FN5O. The minimum absolute atomic E-state index is 0.146. The molecule has 2 N–H and O–H groups in total. The predicted molar refractivity (Wildman–Crippen MR) is 89.3 cm³/mol. The number of benzene rings is 1. The smallest absolute Gasteiger partial charge is 0.228 e. The SMILES string of the molecule is COc1ccc(F)c(-c2nc(NC(C)C)nc(NC(C)C)n2)c1. The van der Waals surface area contributed by atoms with E-state index in [0.29, 0.717) is 17.6 Å². The van der Waals surface area contributed by atoms with E-state index in [1.807, 2.05) is 27.7 Å². The molecule has 0 spiro atoms. The number of hydrogen-bond donors (Lipinski definition) is 2. The summed E-state index contributed by atoms with van der Waals surface area (Å²) in [4.78, 5) is 13.0. The zero-order chi connectivity index (χ0) is 17.0. The number of ether oxygens (including phenoxy) is 1. The van der Waals surface area contributed by atoms with Crippen molar-refractivity contribution in [3.63, 3.8) is 0 Å². The molecule has 23 heavy (non-hydrogen) atoms. The zero-order valence-corrected chi connectivity index (χ0v) is 14.0. The van der Waals surface area contributed by atoms with Crippen molar-refractivity contribution in [2.75, 3.05) is 17.7 Å². The Hall–Kier alpha value is -2.44. The third-order valence-electron chi connectivity index (χ3n) is 2.89. The highest BCUT2D eigenvalue weighted by Crippen LogP contribution is 2.26. The van der Waals surface area contributed by atoms with Gasteiger partial charge in [-0.05, 0) is 45.9 Å². The van der Waals surface area contributed by atoms with Crippen LogP contribution in [0.25, 0.3) is 11.4 Å². The predicted octanol–water partition coefficient (Wildman–Crippen LogP) is 3.33. The summed E-state index contributed by atoms with van der Waals surface area (Å²) in [6, 6.07) is 4.76. The maximum Gasteiger partial charge on any atom is 0.228 e. The van der Waals surface area contributed by atoms with Crippen molar-refractivity contribution in [3.05, 3.63) is 24.0 Å². The number of nitrogens with zero attached hydrogens (tertiary/aromatic N) is 3. The van der Waals surface area contributed by atoms with Gasteiger partial charge in [-0.3, -0.25) is 0 Å². The van der Waals surface area contributed by atoms with Crippen LogP contribution >= 0.6 is 0 Å². The Kier molecular flexibility index (Phi) is 5.31. The molecule has 0 bridgehead atoms. The van der Waals surface area contributed by atoms with Crippen molar-refractivity contribution >= 4 is 11.9 Å². The maximum absolute atomic E-state index is 14.2. The monoisotopic (exact) mass is 319 g/mol. The quantitative estimate of drug-likeness (QED) is 0.851. The molecule has 0 aliphatic carbocycles. The van der Waals surface area contributed by atoms with Gasteiger partial charge in [0.25, 0.3) is 0 Å². The van der Waals surface area contributed by atoms with Crippen LogP contribution in [0, 0.1) is 5.82 Å². The number of nitrogens with one attached hydrogen (secondary N) is 2. The molecule has 0 amide bonds. The van der Waals surface area contributed by atoms with Crippen LogP contribution in [0.4, 0.5) is 16.3 Å². The van der Waals surface area contributed by atoms with Crippen molar-refractivity contribution in [1.29, 1.82) is 0 Å². The lowest BCUT2D eigenvalue weighted by atomic mass is 10.2. The minimum Gasteiger partial charge on any atom is -0.497 e. The van der Waals surface area contributed by atoms with Crippen LogP contribution in [0.2, 0.25) is 0 Å². The molecule has 0 aliphatic heterocycles. The number of aromatic nitrogens is 3. The van der Waals surface area contributed by atoms with Gasteiger partial charge in [0.2, 0.25) is 11.9 Å². The molecule has 6 nitrogen and oxygen atoms in total. The van der Waals surface area contributed by atoms with Gasteiger partial charge < -0.3 is 15.4 Å². The molecule has 0 aliphatic rings. The molecule has 2 rings (SSSR count). The molecule has 7 heteroatoms. The Bertz CT molecular complexity index is 647. The molecular weight excluding hydrogens is 297 g/mol. The van der Waals surface area contributed by atoms with Crippen LogP contribution in [0.5, 0.6) is 5.75 Å². The Morgan fingerprint density at radius 3 is 2.00 bits per heavy atom. The van der Waals surface area contributed by atoms with E-state index in [9.17, 15) is 4.39 Å². The van der Waals surface area contributed by atoms with Crippen molar-refractivity contribution in [2.24, 2.45) is 0 Å². The van der Waals surface area contributed by atoms with Crippen LogP contribution in [0.1, 0.15) is 27.7 Å². The Balaban J connectivity index is 2.51. The summed E-state index contributed by atoms with van der Waals surface area (Å²) in [5.41, 5.74) is 0.269. The largest absolute Gasteiger partial charge is 0.497 e. The van der Waals surface area contributed by atoms with E-state index in [4.69, 9.17) is 4.74 Å². The highest BCUT2D eigenvalue weighted by Gasteiger charge is 2.14. The summed E-state index contributed by atoms with van der Waals surface area (Å²) < 4.78 is 19.3. The first-order chi connectivity index (χ1) is 10.9. The number of methoxy groups -OCH3 is 1. The maximum atomic E-state index is 14.2. The molecule has 2 aromatic rings. The van der Waals surface area contributed by atoms with Crippen molar-refractivity contribution < 1.29 is 9.13 Å². The second kappa shape index (κ2) is 7.21. The number of rotatable bonds is 6. The van der Waals surface area contributed by atoms with Crippen molar-refractivity contribution in [3.8, 4) is 17.1 Å². The highest BCUT2D eigenvalue weighted by atomic mass is 19.1. The van der Waals surface area contributed by atoms with E-state index in [1.54, 1.807) is 12.1 Å². The molecule has 0 saturated carbocycles. The van der Waals surface area contributed by atoms with E-state index in [1.165, 1.54) is 13.2 Å². The Morgan fingerprint density at radius 1 is 0.957 bits per heavy atom. The molecule has 0 atom stereocenters. The van der Waals surface area contributed by atoms with Crippen LogP contribution in [-0.2, 0) is 0 Å². The standard InChI is InChI=1S/C16H22FN5O/c1-9(2)18-15-20-14(21-16(22-15)19-10(3)4)12-8-11(23-5)6-7-13(12)17/h6-10H,1-5H3,(H2,18,19,20,21,22). The van der Waals surface area contributed by atoms with E-state index >= 15 is 0 Å². The lowest BCUT2D eigenvalue weighted by molar-refractivity contribution is 0.414. The molecule has 1 heterocycles. The van der Waals surface area contributed by atoms with Crippen LogP contribution in [-0.4, -0.2) is 34.1 Å². The topological polar surface area (TPSA) is 72.0 Å². The molecule has 0 unspecified atom stereocenters. The van der Waals surface area contributed by atoms with Gasteiger partial charge in [0, 0.05) is 12.1 Å². The van der Waals surface area contributed by atoms with Gasteiger partial charge in [0.15, 0.2) is 5.82 Å². The fourth-order valence-corrected chi connectivity index (χ4v) is 1.94. The molecule has 0 fully saturated rings. The molecule has 0 radical (unpaired) electrons. The van der Waals surface area contributed by atoms with Gasteiger partial charge in [-0.2, -0.15) is 15.0 Å². The third kappa shape index (κ3) is 4.51. The number of anilines is 2. The molecule has 1 aromatic heterocycles. The van der Waals surface area contributed by atoms with Gasteiger partial charge in [-0.1, -0.05) is 0 Å². The average Bonchev–Trinajstić information content (AvgIpc) is 2.46. The second-order valence-corrected chi connectivity index (χ2v) is 5.75. The Labute approximate surface area is 135 Å². The molecule has 0 saturated heterocycles.